The van der Waals surface area contributed by atoms with E-state index < -0.39 is 4.92 Å². The quantitative estimate of drug-likeness (QED) is 0.451. The van der Waals surface area contributed by atoms with Gasteiger partial charge in [0, 0.05) is 50.5 Å². The lowest BCUT2D eigenvalue weighted by molar-refractivity contribution is -0.384. The molecule has 0 unspecified atom stereocenters. The molecule has 3 saturated heterocycles. The van der Waals surface area contributed by atoms with Crippen LogP contribution in [0.5, 0.6) is 0 Å². The highest BCUT2D eigenvalue weighted by atomic mass is 16.6. The molecule has 1 aromatic rings. The van der Waals surface area contributed by atoms with Crippen molar-refractivity contribution in [2.75, 3.05) is 44.3 Å². The number of fused-ring (bicyclic) bond motifs is 1. The van der Waals surface area contributed by atoms with E-state index in [4.69, 9.17) is 0 Å². The van der Waals surface area contributed by atoms with Gasteiger partial charge in [0.1, 0.15) is 6.04 Å². The first kappa shape index (κ1) is 17.7. The van der Waals surface area contributed by atoms with Gasteiger partial charge in [0.2, 0.25) is 0 Å². The van der Waals surface area contributed by atoms with Crippen LogP contribution in [0.3, 0.4) is 0 Å². The number of benzene rings is 1. The third-order valence-corrected chi connectivity index (χ3v) is 5.67. The van der Waals surface area contributed by atoms with Crippen LogP contribution in [-0.4, -0.2) is 77.0 Å². The Morgan fingerprint density at radius 1 is 1.00 bits per heavy atom. The number of non-ortho nitro benzene ring substituents is 1. The summed E-state index contributed by atoms with van der Waals surface area (Å²) in [5, 5.41) is 10.8. The largest absolute Gasteiger partial charge is 0.369 e. The van der Waals surface area contributed by atoms with Crippen LogP contribution in [0.1, 0.15) is 19.3 Å². The molecule has 0 aliphatic carbocycles. The number of hydrogen-bond donors (Lipinski definition) is 0. The van der Waals surface area contributed by atoms with Crippen LogP contribution in [-0.2, 0) is 4.79 Å². The van der Waals surface area contributed by atoms with Gasteiger partial charge in [-0.15, -0.1) is 0 Å². The summed E-state index contributed by atoms with van der Waals surface area (Å²) in [6, 6.07) is 6.15. The average Bonchev–Trinajstić information content (AvgIpc) is 2.94. The molecule has 3 fully saturated rings. The SMILES string of the molecule is O=C1[C@H]2CCCCN2C(=O)N1CN1CCN(c2ccc([N+](=O)[O-])cc2)CC1. The van der Waals surface area contributed by atoms with Crippen molar-refractivity contribution >= 4 is 23.3 Å². The van der Waals surface area contributed by atoms with E-state index in [1.54, 1.807) is 17.0 Å². The molecular weight excluding hydrogens is 350 g/mol. The van der Waals surface area contributed by atoms with E-state index in [-0.39, 0.29) is 23.7 Å². The number of carbonyl (C=O) groups excluding carboxylic acids is 2. The van der Waals surface area contributed by atoms with Crippen molar-refractivity contribution in [2.45, 2.75) is 25.3 Å². The lowest BCUT2D eigenvalue weighted by Crippen LogP contribution is -2.51. The molecule has 9 heteroatoms. The van der Waals surface area contributed by atoms with E-state index in [2.05, 4.69) is 9.80 Å². The van der Waals surface area contributed by atoms with Gasteiger partial charge in [0.25, 0.3) is 11.6 Å². The van der Waals surface area contributed by atoms with Crippen LogP contribution in [0.15, 0.2) is 24.3 Å². The van der Waals surface area contributed by atoms with Crippen molar-refractivity contribution in [3.05, 3.63) is 34.4 Å². The van der Waals surface area contributed by atoms with E-state index in [0.29, 0.717) is 13.2 Å². The fourth-order valence-corrected chi connectivity index (χ4v) is 4.11. The van der Waals surface area contributed by atoms with Crippen LogP contribution < -0.4 is 4.90 Å². The third-order valence-electron chi connectivity index (χ3n) is 5.67. The lowest BCUT2D eigenvalue weighted by Gasteiger charge is -2.37. The molecule has 144 valence electrons. The summed E-state index contributed by atoms with van der Waals surface area (Å²) in [5.41, 5.74) is 1.03. The van der Waals surface area contributed by atoms with Crippen molar-refractivity contribution in [2.24, 2.45) is 0 Å². The van der Waals surface area contributed by atoms with Gasteiger partial charge < -0.3 is 9.80 Å². The van der Waals surface area contributed by atoms with Gasteiger partial charge >= 0.3 is 6.03 Å². The number of hydrogen-bond acceptors (Lipinski definition) is 6. The third kappa shape index (κ3) is 3.34. The molecule has 0 N–H and O–H groups in total. The smallest absolute Gasteiger partial charge is 0.328 e. The Bertz CT molecular complexity index is 721. The monoisotopic (exact) mass is 373 g/mol. The molecular formula is C18H23N5O4. The summed E-state index contributed by atoms with van der Waals surface area (Å²) in [6.45, 7) is 4.00. The number of nitro groups is 1. The Morgan fingerprint density at radius 2 is 1.70 bits per heavy atom. The van der Waals surface area contributed by atoms with Crippen LogP contribution in [0, 0.1) is 10.1 Å². The maximum atomic E-state index is 12.6. The average molecular weight is 373 g/mol. The molecule has 0 aromatic heterocycles. The minimum Gasteiger partial charge on any atom is -0.369 e. The molecule has 3 aliphatic rings. The summed E-state index contributed by atoms with van der Waals surface area (Å²) < 4.78 is 0. The minimum atomic E-state index is -0.403. The zero-order valence-corrected chi connectivity index (χ0v) is 15.1. The molecule has 1 aromatic carbocycles. The van der Waals surface area contributed by atoms with Crippen molar-refractivity contribution in [1.82, 2.24) is 14.7 Å². The fraction of sp³-hybridized carbons (Fsp3) is 0.556. The van der Waals surface area contributed by atoms with E-state index in [1.165, 1.54) is 17.0 Å². The number of rotatable bonds is 4. The van der Waals surface area contributed by atoms with Crippen LogP contribution in [0.2, 0.25) is 0 Å². The fourth-order valence-electron chi connectivity index (χ4n) is 4.11. The summed E-state index contributed by atoms with van der Waals surface area (Å²) in [4.78, 5) is 42.9. The zero-order valence-electron chi connectivity index (χ0n) is 15.1. The van der Waals surface area contributed by atoms with Gasteiger partial charge in [-0.05, 0) is 31.4 Å². The van der Waals surface area contributed by atoms with Gasteiger partial charge in [0.15, 0.2) is 0 Å². The first-order valence-corrected chi connectivity index (χ1v) is 9.38. The molecule has 3 heterocycles. The van der Waals surface area contributed by atoms with E-state index in [9.17, 15) is 19.7 Å². The topological polar surface area (TPSA) is 90.2 Å². The van der Waals surface area contributed by atoms with Crippen LogP contribution in [0.4, 0.5) is 16.2 Å². The Kier molecular flexibility index (Phi) is 4.69. The van der Waals surface area contributed by atoms with E-state index in [1.807, 2.05) is 0 Å². The molecule has 3 aliphatic heterocycles. The van der Waals surface area contributed by atoms with Gasteiger partial charge in [-0.25, -0.2) is 9.69 Å². The van der Waals surface area contributed by atoms with E-state index in [0.717, 1.165) is 51.1 Å². The number of piperazine rings is 1. The van der Waals surface area contributed by atoms with Gasteiger partial charge in [-0.3, -0.25) is 19.8 Å². The Labute approximate surface area is 157 Å². The minimum absolute atomic E-state index is 0.0579. The van der Waals surface area contributed by atoms with Crippen LogP contribution >= 0.6 is 0 Å². The standard InChI is InChI=1S/C18H23N5O4/c24-17-16-3-1-2-8-21(16)18(25)22(17)13-19-9-11-20(12-10-19)14-4-6-15(7-5-14)23(26)27/h4-7,16H,1-3,8-13H2/t16-/m1/s1. The van der Waals surface area contributed by atoms with Crippen molar-refractivity contribution in [3.8, 4) is 0 Å². The predicted molar refractivity (Wildman–Crippen MR) is 98.3 cm³/mol. The van der Waals surface area contributed by atoms with Crippen LogP contribution in [0.25, 0.3) is 0 Å². The van der Waals surface area contributed by atoms with Crippen molar-refractivity contribution in [3.63, 3.8) is 0 Å². The number of piperidine rings is 1. The first-order valence-electron chi connectivity index (χ1n) is 9.38. The molecule has 0 spiro atoms. The highest BCUT2D eigenvalue weighted by molar-refractivity contribution is 6.04. The molecule has 1 atom stereocenters. The number of nitro benzene ring substituents is 1. The maximum absolute atomic E-state index is 12.6. The normalized spacial score (nSPS) is 23.7. The zero-order chi connectivity index (χ0) is 19.0. The number of urea groups is 1. The second-order valence-electron chi connectivity index (χ2n) is 7.27. The van der Waals surface area contributed by atoms with E-state index >= 15 is 0 Å². The molecule has 0 radical (unpaired) electrons. The first-order chi connectivity index (χ1) is 13.0. The number of amides is 3. The molecule has 0 bridgehead atoms. The molecule has 0 saturated carbocycles. The van der Waals surface area contributed by atoms with Gasteiger partial charge in [-0.2, -0.15) is 0 Å². The number of anilines is 1. The molecule has 3 amide bonds. The Hall–Kier alpha value is -2.68. The highest BCUT2D eigenvalue weighted by Crippen LogP contribution is 2.27. The number of imide groups is 1. The van der Waals surface area contributed by atoms with Crippen molar-refractivity contribution in [1.29, 1.82) is 0 Å². The molecule has 27 heavy (non-hydrogen) atoms. The molecule has 4 rings (SSSR count). The van der Waals surface area contributed by atoms with Crippen molar-refractivity contribution < 1.29 is 14.5 Å². The van der Waals surface area contributed by atoms with Gasteiger partial charge in [0.05, 0.1) is 11.6 Å². The summed E-state index contributed by atoms with van der Waals surface area (Å²) >= 11 is 0. The molecule has 9 nitrogen and oxygen atoms in total. The van der Waals surface area contributed by atoms with Gasteiger partial charge in [-0.1, -0.05) is 0 Å². The highest BCUT2D eigenvalue weighted by Gasteiger charge is 2.46. The number of nitrogens with zero attached hydrogens (tertiary/aromatic N) is 5. The lowest BCUT2D eigenvalue weighted by atomic mass is 10.0. The summed E-state index contributed by atoms with van der Waals surface area (Å²) in [7, 11) is 0. The Balaban J connectivity index is 1.33. The second-order valence-corrected chi connectivity index (χ2v) is 7.27. The number of carbonyl (C=O) groups is 2. The predicted octanol–water partition coefficient (Wildman–Crippen LogP) is 1.49. The summed E-state index contributed by atoms with van der Waals surface area (Å²) in [6.07, 6.45) is 2.74. The second kappa shape index (κ2) is 7.15. The maximum Gasteiger partial charge on any atom is 0.328 e. The Morgan fingerprint density at radius 3 is 2.33 bits per heavy atom. The summed E-state index contributed by atoms with van der Waals surface area (Å²) in [5.74, 6) is -0.0579.